The van der Waals surface area contributed by atoms with Crippen molar-refractivity contribution in [3.63, 3.8) is 0 Å². The average Bonchev–Trinajstić information content (AvgIpc) is 2.21. The number of allylic oxidation sites excluding steroid dienone is 1. The molecule has 0 spiro atoms. The van der Waals surface area contributed by atoms with Crippen LogP contribution >= 0.6 is 0 Å². The van der Waals surface area contributed by atoms with Crippen molar-refractivity contribution in [2.24, 2.45) is 5.73 Å². The Morgan fingerprint density at radius 2 is 1.80 bits per heavy atom. The first-order valence-corrected chi connectivity index (χ1v) is 5.22. The SMILES string of the molecule is C=C(C)C(=O)CCCOCCOCCN. The topological polar surface area (TPSA) is 61.5 Å². The van der Waals surface area contributed by atoms with Crippen LogP contribution in [0.1, 0.15) is 19.8 Å². The zero-order chi connectivity index (χ0) is 11.5. The summed E-state index contributed by atoms with van der Waals surface area (Å²) in [7, 11) is 0. The van der Waals surface area contributed by atoms with E-state index in [1.165, 1.54) is 0 Å². The average molecular weight is 215 g/mol. The Bertz CT molecular complexity index is 192. The van der Waals surface area contributed by atoms with E-state index in [1.807, 2.05) is 0 Å². The molecule has 0 aromatic heterocycles. The summed E-state index contributed by atoms with van der Waals surface area (Å²) >= 11 is 0. The van der Waals surface area contributed by atoms with Crippen LogP contribution in [-0.4, -0.2) is 38.8 Å². The lowest BCUT2D eigenvalue weighted by molar-refractivity contribution is -0.115. The largest absolute Gasteiger partial charge is 0.379 e. The molecule has 4 heteroatoms. The molecule has 88 valence electrons. The predicted molar refractivity (Wildman–Crippen MR) is 59.7 cm³/mol. The van der Waals surface area contributed by atoms with Crippen molar-refractivity contribution in [3.8, 4) is 0 Å². The van der Waals surface area contributed by atoms with Crippen LogP contribution in [0.2, 0.25) is 0 Å². The molecule has 0 aromatic rings. The van der Waals surface area contributed by atoms with E-state index in [0.29, 0.717) is 45.0 Å². The van der Waals surface area contributed by atoms with Crippen LogP contribution in [0.4, 0.5) is 0 Å². The molecule has 0 fully saturated rings. The fourth-order valence-electron chi connectivity index (χ4n) is 0.953. The van der Waals surface area contributed by atoms with E-state index in [4.69, 9.17) is 15.2 Å². The Morgan fingerprint density at radius 1 is 1.20 bits per heavy atom. The second kappa shape index (κ2) is 9.83. The molecular formula is C11H21NO3. The van der Waals surface area contributed by atoms with Crippen molar-refractivity contribution in [1.82, 2.24) is 0 Å². The lowest BCUT2D eigenvalue weighted by Crippen LogP contribution is -2.12. The Kier molecular flexibility index (Phi) is 9.36. The van der Waals surface area contributed by atoms with Gasteiger partial charge in [0.1, 0.15) is 0 Å². The van der Waals surface area contributed by atoms with Gasteiger partial charge in [-0.3, -0.25) is 4.79 Å². The molecule has 0 bridgehead atoms. The molecule has 0 saturated heterocycles. The summed E-state index contributed by atoms with van der Waals surface area (Å²) in [5.41, 5.74) is 5.85. The molecule has 0 amide bonds. The molecular weight excluding hydrogens is 194 g/mol. The van der Waals surface area contributed by atoms with E-state index < -0.39 is 0 Å². The number of rotatable bonds is 10. The summed E-state index contributed by atoms with van der Waals surface area (Å²) in [4.78, 5) is 11.1. The zero-order valence-electron chi connectivity index (χ0n) is 9.46. The van der Waals surface area contributed by atoms with Crippen molar-refractivity contribution in [1.29, 1.82) is 0 Å². The minimum absolute atomic E-state index is 0.109. The van der Waals surface area contributed by atoms with Crippen LogP contribution in [0.15, 0.2) is 12.2 Å². The van der Waals surface area contributed by atoms with Crippen LogP contribution in [0.5, 0.6) is 0 Å². The van der Waals surface area contributed by atoms with Crippen LogP contribution in [0, 0.1) is 0 Å². The fraction of sp³-hybridized carbons (Fsp3) is 0.727. The number of ether oxygens (including phenoxy) is 2. The van der Waals surface area contributed by atoms with Crippen molar-refractivity contribution >= 4 is 5.78 Å². The fourth-order valence-corrected chi connectivity index (χ4v) is 0.953. The molecule has 0 saturated carbocycles. The lowest BCUT2D eigenvalue weighted by Gasteiger charge is -2.04. The van der Waals surface area contributed by atoms with Crippen LogP contribution in [0.25, 0.3) is 0 Å². The van der Waals surface area contributed by atoms with E-state index in [-0.39, 0.29) is 5.78 Å². The summed E-state index contributed by atoms with van der Waals surface area (Å²) < 4.78 is 10.4. The van der Waals surface area contributed by atoms with Gasteiger partial charge in [-0.15, -0.1) is 0 Å². The standard InChI is InChI=1S/C11H21NO3/c1-10(2)11(13)4-3-6-14-8-9-15-7-5-12/h1,3-9,12H2,2H3. The number of carbonyl (C=O) groups is 1. The maximum atomic E-state index is 11.1. The van der Waals surface area contributed by atoms with Gasteiger partial charge < -0.3 is 15.2 Å². The number of hydrogen-bond donors (Lipinski definition) is 1. The number of ketones is 1. The molecule has 0 aliphatic rings. The van der Waals surface area contributed by atoms with Crippen molar-refractivity contribution in [3.05, 3.63) is 12.2 Å². The van der Waals surface area contributed by atoms with E-state index in [2.05, 4.69) is 6.58 Å². The van der Waals surface area contributed by atoms with Gasteiger partial charge in [-0.1, -0.05) is 6.58 Å². The Labute approximate surface area is 91.4 Å². The van der Waals surface area contributed by atoms with Crippen molar-refractivity contribution in [2.45, 2.75) is 19.8 Å². The lowest BCUT2D eigenvalue weighted by atomic mass is 10.1. The minimum Gasteiger partial charge on any atom is -0.379 e. The maximum Gasteiger partial charge on any atom is 0.158 e. The monoisotopic (exact) mass is 215 g/mol. The first-order chi connectivity index (χ1) is 7.18. The molecule has 0 aliphatic heterocycles. The minimum atomic E-state index is 0.109. The molecule has 0 aliphatic carbocycles. The van der Waals surface area contributed by atoms with Crippen molar-refractivity contribution in [2.75, 3.05) is 33.0 Å². The molecule has 4 nitrogen and oxygen atoms in total. The zero-order valence-corrected chi connectivity index (χ0v) is 9.46. The molecule has 0 atom stereocenters. The highest BCUT2D eigenvalue weighted by Crippen LogP contribution is 1.99. The second-order valence-electron chi connectivity index (χ2n) is 3.32. The summed E-state index contributed by atoms with van der Waals surface area (Å²) in [6, 6.07) is 0. The molecule has 2 N–H and O–H groups in total. The van der Waals surface area contributed by atoms with Gasteiger partial charge in [0.15, 0.2) is 5.78 Å². The van der Waals surface area contributed by atoms with Crippen LogP contribution < -0.4 is 5.73 Å². The normalized spacial score (nSPS) is 10.3. The maximum absolute atomic E-state index is 11.1. The highest BCUT2D eigenvalue weighted by molar-refractivity contribution is 5.93. The first kappa shape index (κ1) is 14.3. The predicted octanol–water partition coefficient (Wildman–Crippen LogP) is 0.904. The van der Waals surface area contributed by atoms with E-state index in [9.17, 15) is 4.79 Å². The number of carbonyl (C=O) groups excluding carboxylic acids is 1. The van der Waals surface area contributed by atoms with Gasteiger partial charge in [0, 0.05) is 19.6 Å². The van der Waals surface area contributed by atoms with E-state index in [1.54, 1.807) is 6.92 Å². The number of hydrogen-bond acceptors (Lipinski definition) is 4. The molecule has 0 unspecified atom stereocenters. The summed E-state index contributed by atoms with van der Waals surface area (Å²) in [5.74, 6) is 0.109. The smallest absolute Gasteiger partial charge is 0.158 e. The molecule has 0 heterocycles. The van der Waals surface area contributed by atoms with Crippen LogP contribution in [0.3, 0.4) is 0 Å². The van der Waals surface area contributed by atoms with Gasteiger partial charge in [-0.05, 0) is 18.9 Å². The molecule has 0 radical (unpaired) electrons. The summed E-state index contributed by atoms with van der Waals surface area (Å²) in [6.45, 7) is 8.12. The van der Waals surface area contributed by atoms with E-state index >= 15 is 0 Å². The number of Topliss-reactive ketones (excluding diaryl/α,β-unsaturated/α-hetero) is 1. The third kappa shape index (κ3) is 9.59. The Hall–Kier alpha value is -0.710. The molecule has 0 rings (SSSR count). The highest BCUT2D eigenvalue weighted by Gasteiger charge is 2.01. The Balaban J connectivity index is 3.11. The third-order valence-electron chi connectivity index (χ3n) is 1.80. The van der Waals surface area contributed by atoms with Gasteiger partial charge in [0.2, 0.25) is 0 Å². The first-order valence-electron chi connectivity index (χ1n) is 5.22. The summed E-state index contributed by atoms with van der Waals surface area (Å²) in [5, 5.41) is 0. The highest BCUT2D eigenvalue weighted by atomic mass is 16.5. The van der Waals surface area contributed by atoms with Gasteiger partial charge in [-0.25, -0.2) is 0 Å². The molecule has 15 heavy (non-hydrogen) atoms. The molecule has 0 aromatic carbocycles. The van der Waals surface area contributed by atoms with Crippen molar-refractivity contribution < 1.29 is 14.3 Å². The number of nitrogens with two attached hydrogens (primary N) is 1. The Morgan fingerprint density at radius 3 is 2.33 bits per heavy atom. The third-order valence-corrected chi connectivity index (χ3v) is 1.80. The van der Waals surface area contributed by atoms with Gasteiger partial charge >= 0.3 is 0 Å². The van der Waals surface area contributed by atoms with Gasteiger partial charge in [0.25, 0.3) is 0 Å². The summed E-state index contributed by atoms with van der Waals surface area (Å²) in [6.07, 6.45) is 1.25. The van der Waals surface area contributed by atoms with Gasteiger partial charge in [-0.2, -0.15) is 0 Å². The quantitative estimate of drug-likeness (QED) is 0.434. The van der Waals surface area contributed by atoms with Gasteiger partial charge in [0.05, 0.1) is 19.8 Å². The van der Waals surface area contributed by atoms with E-state index in [0.717, 1.165) is 6.42 Å². The second-order valence-corrected chi connectivity index (χ2v) is 3.32. The van der Waals surface area contributed by atoms with Crippen LogP contribution in [-0.2, 0) is 14.3 Å².